The number of rotatable bonds is 4. The van der Waals surface area contributed by atoms with Crippen LogP contribution in [0.5, 0.6) is 0 Å². The molecule has 0 aromatic rings. The summed E-state index contributed by atoms with van der Waals surface area (Å²) in [6, 6.07) is 0. The van der Waals surface area contributed by atoms with E-state index in [9.17, 15) is 10.2 Å². The summed E-state index contributed by atoms with van der Waals surface area (Å²) < 4.78 is 8.97. The molecule has 2 atom stereocenters. The van der Waals surface area contributed by atoms with Crippen molar-refractivity contribution < 1.29 is 19.7 Å². The van der Waals surface area contributed by atoms with Crippen molar-refractivity contribution in [1.29, 1.82) is 0 Å². The quantitative estimate of drug-likeness (QED) is 0.437. The molecule has 0 spiro atoms. The topological polar surface area (TPSA) is 64.6 Å². The van der Waals surface area contributed by atoms with Crippen LogP contribution < -0.4 is 10.2 Å². The fourth-order valence-electron chi connectivity index (χ4n) is 0.469. The normalized spacial score (nSPS) is 13.4. The van der Waals surface area contributed by atoms with Gasteiger partial charge in [0, 0.05) is 13.2 Å². The Kier molecular flexibility index (Phi) is 22.3. The van der Waals surface area contributed by atoms with E-state index in [1.807, 2.05) is 0 Å². The van der Waals surface area contributed by atoms with Crippen LogP contribution in [-0.4, -0.2) is 48.8 Å². The molecule has 13 heavy (non-hydrogen) atoms. The summed E-state index contributed by atoms with van der Waals surface area (Å²) >= 11 is 0. The van der Waals surface area contributed by atoms with Gasteiger partial charge in [0.25, 0.3) is 0 Å². The van der Waals surface area contributed by atoms with Gasteiger partial charge in [0.1, 0.15) is 0 Å². The van der Waals surface area contributed by atoms with Gasteiger partial charge in [-0.3, -0.25) is 0 Å². The third-order valence-electron chi connectivity index (χ3n) is 0.803. The Morgan fingerprint density at radius 1 is 0.923 bits per heavy atom. The average Bonchev–Trinajstić information content (AvgIpc) is 1.87. The summed E-state index contributed by atoms with van der Waals surface area (Å²) in [7, 11) is 0. The molecule has 0 radical (unpaired) electrons. The summed E-state index contributed by atoms with van der Waals surface area (Å²) in [6.45, 7) is 7.59. The van der Waals surface area contributed by atoms with Gasteiger partial charge in [-0.15, -0.1) is 0 Å². The molecule has 0 saturated heterocycles. The predicted octanol–water partition coefficient (Wildman–Crippen LogP) is -0.922. The molecule has 0 fully saturated rings. The second-order valence-corrected chi connectivity index (χ2v) is 2.05. The predicted molar refractivity (Wildman–Crippen MR) is 47.9 cm³/mol. The Bertz CT molecular complexity index is 68.5. The van der Waals surface area contributed by atoms with Crippen molar-refractivity contribution in [2.24, 2.45) is 0 Å². The molecule has 0 aromatic heterocycles. The zero-order valence-electron chi connectivity index (χ0n) is 8.91. The molecule has 0 bridgehead atoms. The van der Waals surface area contributed by atoms with Crippen LogP contribution in [0.3, 0.4) is 0 Å². The van der Waals surface area contributed by atoms with E-state index in [0.29, 0.717) is 13.2 Å². The first-order chi connectivity index (χ1) is 5.54. The summed E-state index contributed by atoms with van der Waals surface area (Å²) in [5, 5.41) is 19.8. The van der Waals surface area contributed by atoms with Crippen molar-refractivity contribution in [2.75, 3.05) is 13.2 Å². The molecule has 0 aliphatic rings. The summed E-state index contributed by atoms with van der Waals surface area (Å²) in [5.74, 6) is 0. The molecule has 4 nitrogen and oxygen atoms in total. The average molecular weight is 203 g/mol. The monoisotopic (exact) mass is 202 g/mol. The van der Waals surface area contributed by atoms with Crippen LogP contribution in [0, 0.1) is 0 Å². The van der Waals surface area contributed by atoms with Crippen LogP contribution in [0.2, 0.25) is 0 Å². The van der Waals surface area contributed by atoms with E-state index >= 15 is 0 Å². The third-order valence-corrected chi connectivity index (χ3v) is 0.803. The van der Waals surface area contributed by atoms with Crippen LogP contribution >= 0.6 is 0 Å². The van der Waals surface area contributed by atoms with Crippen LogP contribution in [0.1, 0.15) is 27.7 Å². The Balaban J connectivity index is -0.000000143. The number of hydrogen-bond acceptors (Lipinski definition) is 4. The summed E-state index contributed by atoms with van der Waals surface area (Å²) in [5.41, 5.74) is 0. The molecule has 76 valence electrons. The molecular weight excluding hydrogens is 184 g/mol. The van der Waals surface area contributed by atoms with E-state index in [0.717, 1.165) is 0 Å². The Morgan fingerprint density at radius 3 is 1.15 bits per heavy atom. The fraction of sp³-hybridized carbons (Fsp3) is 1.00. The van der Waals surface area contributed by atoms with Crippen molar-refractivity contribution in [3.05, 3.63) is 0 Å². The SMILES string of the molecule is CCOC(C)[O-].CCOC(C)[O-].[Mg+2]. The van der Waals surface area contributed by atoms with Gasteiger partial charge in [0.05, 0.1) is 0 Å². The molecular formula is C8H18MgO4. The van der Waals surface area contributed by atoms with Gasteiger partial charge in [-0.05, 0) is 26.4 Å². The van der Waals surface area contributed by atoms with Crippen molar-refractivity contribution in [3.8, 4) is 0 Å². The van der Waals surface area contributed by atoms with Gasteiger partial charge in [-0.25, -0.2) is 0 Å². The van der Waals surface area contributed by atoms with Gasteiger partial charge < -0.3 is 19.7 Å². The maximum Gasteiger partial charge on any atom is 2.00 e. The zero-order valence-corrected chi connectivity index (χ0v) is 10.3. The number of hydrogen-bond donors (Lipinski definition) is 0. The minimum absolute atomic E-state index is 0. The molecule has 0 N–H and O–H groups in total. The van der Waals surface area contributed by atoms with Gasteiger partial charge in [0.15, 0.2) is 0 Å². The van der Waals surface area contributed by atoms with E-state index in [2.05, 4.69) is 9.47 Å². The largest absolute Gasteiger partial charge is 2.00 e. The number of ether oxygens (including phenoxy) is 2. The van der Waals surface area contributed by atoms with E-state index in [1.54, 1.807) is 13.8 Å². The first kappa shape index (κ1) is 19.2. The molecule has 0 rings (SSSR count). The van der Waals surface area contributed by atoms with Crippen molar-refractivity contribution in [2.45, 2.75) is 40.3 Å². The Morgan fingerprint density at radius 2 is 1.15 bits per heavy atom. The molecule has 0 amide bonds. The molecule has 0 aliphatic heterocycles. The van der Waals surface area contributed by atoms with E-state index in [-0.39, 0.29) is 23.1 Å². The maximum atomic E-state index is 9.90. The standard InChI is InChI=1S/2C4H9O2.Mg/c2*1-3-6-4(2)5;/h2*4H,3H2,1-2H3;/q2*-1;+2. The van der Waals surface area contributed by atoms with E-state index in [4.69, 9.17) is 0 Å². The van der Waals surface area contributed by atoms with Gasteiger partial charge >= 0.3 is 23.1 Å². The van der Waals surface area contributed by atoms with Crippen LogP contribution in [0.4, 0.5) is 0 Å². The van der Waals surface area contributed by atoms with Crippen molar-refractivity contribution in [3.63, 3.8) is 0 Å². The molecule has 5 heteroatoms. The van der Waals surface area contributed by atoms with E-state index in [1.165, 1.54) is 13.8 Å². The van der Waals surface area contributed by atoms with Crippen LogP contribution in [0.25, 0.3) is 0 Å². The van der Waals surface area contributed by atoms with Crippen LogP contribution in [0.15, 0.2) is 0 Å². The Hall–Kier alpha value is 0.606. The van der Waals surface area contributed by atoms with Gasteiger partial charge in [-0.2, -0.15) is 0 Å². The minimum Gasteiger partial charge on any atom is -0.831 e. The fourth-order valence-corrected chi connectivity index (χ4v) is 0.469. The zero-order chi connectivity index (χ0) is 9.98. The smallest absolute Gasteiger partial charge is 0.831 e. The first-order valence-electron chi connectivity index (χ1n) is 4.09. The first-order valence-corrected chi connectivity index (χ1v) is 4.09. The minimum atomic E-state index is -0.852. The van der Waals surface area contributed by atoms with E-state index < -0.39 is 12.6 Å². The third kappa shape index (κ3) is 32.5. The molecule has 0 heterocycles. The summed E-state index contributed by atoms with van der Waals surface area (Å²) in [6.07, 6.45) is -1.70. The second-order valence-electron chi connectivity index (χ2n) is 2.05. The van der Waals surface area contributed by atoms with Gasteiger partial charge in [-0.1, -0.05) is 13.8 Å². The molecule has 0 aromatic carbocycles. The van der Waals surface area contributed by atoms with Gasteiger partial charge in [0.2, 0.25) is 0 Å². The molecule has 0 saturated carbocycles. The van der Waals surface area contributed by atoms with Crippen molar-refractivity contribution in [1.82, 2.24) is 0 Å². The second kappa shape index (κ2) is 15.1. The Labute approximate surface area is 96.4 Å². The maximum absolute atomic E-state index is 9.90. The molecule has 0 aliphatic carbocycles. The summed E-state index contributed by atoms with van der Waals surface area (Å²) in [4.78, 5) is 0. The van der Waals surface area contributed by atoms with Crippen LogP contribution in [-0.2, 0) is 9.47 Å². The van der Waals surface area contributed by atoms with Crippen molar-refractivity contribution >= 4 is 23.1 Å². The molecule has 2 unspecified atom stereocenters.